The van der Waals surface area contributed by atoms with Crippen LogP contribution in [0.25, 0.3) is 0 Å². The highest BCUT2D eigenvalue weighted by Gasteiger charge is 2.29. The number of nitrogens with one attached hydrogen (secondary N) is 1. The fraction of sp³-hybridized carbons (Fsp3) is 0.235. The molecular weight excluding hydrogens is 323 g/mol. The number of alkyl halides is 3. The molecule has 0 atom stereocenters. The summed E-state index contributed by atoms with van der Waals surface area (Å²) in [6, 6.07) is 11.3. The summed E-state index contributed by atoms with van der Waals surface area (Å²) in [7, 11) is 1.51. The summed E-state index contributed by atoms with van der Waals surface area (Å²) in [6.45, 7) is 0.118. The van der Waals surface area contributed by atoms with E-state index in [1.165, 1.54) is 19.2 Å². The largest absolute Gasteiger partial charge is 0.493 e. The number of hydrogen-bond donors (Lipinski definition) is 1. The van der Waals surface area contributed by atoms with Gasteiger partial charge in [0.2, 0.25) is 5.91 Å². The van der Waals surface area contributed by atoms with E-state index >= 15 is 0 Å². The Morgan fingerprint density at radius 1 is 1.04 bits per heavy atom. The van der Waals surface area contributed by atoms with Crippen LogP contribution >= 0.6 is 0 Å². The minimum absolute atomic E-state index is 0.0546. The molecule has 0 saturated heterocycles. The molecule has 1 amide bonds. The van der Waals surface area contributed by atoms with E-state index in [0.29, 0.717) is 17.2 Å². The molecule has 0 bridgehead atoms. The van der Waals surface area contributed by atoms with Crippen LogP contribution in [0, 0.1) is 0 Å². The van der Waals surface area contributed by atoms with Crippen molar-refractivity contribution >= 4 is 11.6 Å². The van der Waals surface area contributed by atoms with Gasteiger partial charge in [-0.05, 0) is 36.4 Å². The number of para-hydroxylation sites is 2. The Kier molecular flexibility index (Phi) is 5.68. The molecule has 2 aromatic rings. The first-order chi connectivity index (χ1) is 11.4. The molecule has 7 heteroatoms. The number of carbonyl (C=O) groups is 1. The number of methoxy groups -OCH3 is 1. The SMILES string of the molecule is COc1ccccc1OCCC(=O)Nc1ccc(C(F)(F)F)cc1. The summed E-state index contributed by atoms with van der Waals surface area (Å²) >= 11 is 0. The van der Waals surface area contributed by atoms with Crippen LogP contribution in [0.2, 0.25) is 0 Å². The summed E-state index contributed by atoms with van der Waals surface area (Å²) in [5.74, 6) is 0.715. The first kappa shape index (κ1) is 17.7. The van der Waals surface area contributed by atoms with Crippen molar-refractivity contribution in [3.05, 3.63) is 54.1 Å². The fourth-order valence-electron chi connectivity index (χ4n) is 1.96. The van der Waals surface area contributed by atoms with Gasteiger partial charge in [-0.2, -0.15) is 13.2 Å². The van der Waals surface area contributed by atoms with Crippen LogP contribution < -0.4 is 14.8 Å². The van der Waals surface area contributed by atoms with Crippen LogP contribution in [0.3, 0.4) is 0 Å². The Morgan fingerprint density at radius 2 is 1.67 bits per heavy atom. The van der Waals surface area contributed by atoms with Crippen LogP contribution in [-0.4, -0.2) is 19.6 Å². The maximum absolute atomic E-state index is 12.5. The normalized spacial score (nSPS) is 11.0. The van der Waals surface area contributed by atoms with E-state index in [4.69, 9.17) is 9.47 Å². The van der Waals surface area contributed by atoms with Crippen molar-refractivity contribution in [1.29, 1.82) is 0 Å². The number of rotatable bonds is 6. The maximum atomic E-state index is 12.5. The highest BCUT2D eigenvalue weighted by atomic mass is 19.4. The van der Waals surface area contributed by atoms with Crippen molar-refractivity contribution in [1.82, 2.24) is 0 Å². The summed E-state index contributed by atoms with van der Waals surface area (Å²) < 4.78 is 48.0. The molecule has 0 aromatic heterocycles. The van der Waals surface area contributed by atoms with Crippen molar-refractivity contribution in [2.45, 2.75) is 12.6 Å². The maximum Gasteiger partial charge on any atom is 0.416 e. The minimum atomic E-state index is -4.40. The number of ether oxygens (including phenoxy) is 2. The highest BCUT2D eigenvalue weighted by molar-refractivity contribution is 5.90. The number of carbonyl (C=O) groups excluding carboxylic acids is 1. The number of halogens is 3. The molecule has 2 rings (SSSR count). The highest BCUT2D eigenvalue weighted by Crippen LogP contribution is 2.30. The predicted octanol–water partition coefficient (Wildman–Crippen LogP) is 4.12. The Balaban J connectivity index is 1.83. The summed E-state index contributed by atoms with van der Waals surface area (Å²) in [6.07, 6.45) is -4.34. The van der Waals surface area contributed by atoms with E-state index in [2.05, 4.69) is 5.32 Å². The van der Waals surface area contributed by atoms with Gasteiger partial charge in [0.25, 0.3) is 0 Å². The van der Waals surface area contributed by atoms with Gasteiger partial charge in [-0.1, -0.05) is 12.1 Å². The van der Waals surface area contributed by atoms with Gasteiger partial charge in [-0.3, -0.25) is 4.79 Å². The van der Waals surface area contributed by atoms with Gasteiger partial charge in [-0.25, -0.2) is 0 Å². The lowest BCUT2D eigenvalue weighted by Crippen LogP contribution is -2.15. The first-order valence-corrected chi connectivity index (χ1v) is 7.13. The number of amides is 1. The second-order valence-corrected chi connectivity index (χ2v) is 4.87. The standard InChI is InChI=1S/C17H16F3NO3/c1-23-14-4-2-3-5-15(14)24-11-10-16(22)21-13-8-6-12(7-9-13)17(18,19)20/h2-9H,10-11H2,1H3,(H,21,22). The Bertz CT molecular complexity index is 684. The van der Waals surface area contributed by atoms with Gasteiger partial charge in [0.1, 0.15) is 0 Å². The van der Waals surface area contributed by atoms with E-state index in [0.717, 1.165) is 12.1 Å². The smallest absolute Gasteiger partial charge is 0.416 e. The molecule has 1 N–H and O–H groups in total. The van der Waals surface area contributed by atoms with Gasteiger partial charge >= 0.3 is 6.18 Å². The number of benzene rings is 2. The zero-order valence-corrected chi connectivity index (χ0v) is 12.9. The van der Waals surface area contributed by atoms with Crippen LogP contribution in [-0.2, 0) is 11.0 Å². The molecule has 24 heavy (non-hydrogen) atoms. The van der Waals surface area contributed by atoms with Gasteiger partial charge in [0.05, 0.1) is 25.7 Å². The second-order valence-electron chi connectivity index (χ2n) is 4.87. The molecule has 0 radical (unpaired) electrons. The molecule has 2 aromatic carbocycles. The van der Waals surface area contributed by atoms with E-state index in [1.54, 1.807) is 24.3 Å². The number of anilines is 1. The molecule has 128 valence electrons. The fourth-order valence-corrected chi connectivity index (χ4v) is 1.96. The second kappa shape index (κ2) is 7.72. The quantitative estimate of drug-likeness (QED) is 0.861. The first-order valence-electron chi connectivity index (χ1n) is 7.13. The van der Waals surface area contributed by atoms with Crippen molar-refractivity contribution in [3.8, 4) is 11.5 Å². The van der Waals surface area contributed by atoms with E-state index in [-0.39, 0.29) is 18.9 Å². The van der Waals surface area contributed by atoms with Gasteiger partial charge < -0.3 is 14.8 Å². The Morgan fingerprint density at radius 3 is 2.25 bits per heavy atom. The van der Waals surface area contributed by atoms with Crippen molar-refractivity contribution in [3.63, 3.8) is 0 Å². The molecule has 4 nitrogen and oxygen atoms in total. The molecule has 0 saturated carbocycles. The molecule has 0 spiro atoms. The lowest BCUT2D eigenvalue weighted by molar-refractivity contribution is -0.137. The van der Waals surface area contributed by atoms with Gasteiger partial charge in [0.15, 0.2) is 11.5 Å². The topological polar surface area (TPSA) is 47.6 Å². The molecule has 0 aliphatic heterocycles. The summed E-state index contributed by atoms with van der Waals surface area (Å²) in [4.78, 5) is 11.8. The summed E-state index contributed by atoms with van der Waals surface area (Å²) in [5, 5.41) is 2.52. The number of hydrogen-bond acceptors (Lipinski definition) is 3. The lowest BCUT2D eigenvalue weighted by atomic mass is 10.2. The van der Waals surface area contributed by atoms with E-state index < -0.39 is 11.7 Å². The molecule has 0 unspecified atom stereocenters. The third-order valence-corrected chi connectivity index (χ3v) is 3.15. The predicted molar refractivity (Wildman–Crippen MR) is 83.2 cm³/mol. The van der Waals surface area contributed by atoms with Crippen molar-refractivity contribution in [2.75, 3.05) is 19.0 Å². The third-order valence-electron chi connectivity index (χ3n) is 3.15. The molecule has 0 aliphatic rings. The van der Waals surface area contributed by atoms with Crippen LogP contribution in [0.4, 0.5) is 18.9 Å². The van der Waals surface area contributed by atoms with Crippen LogP contribution in [0.1, 0.15) is 12.0 Å². The monoisotopic (exact) mass is 339 g/mol. The van der Waals surface area contributed by atoms with Crippen LogP contribution in [0.15, 0.2) is 48.5 Å². The zero-order chi connectivity index (χ0) is 17.6. The van der Waals surface area contributed by atoms with E-state index in [9.17, 15) is 18.0 Å². The zero-order valence-electron chi connectivity index (χ0n) is 12.9. The minimum Gasteiger partial charge on any atom is -0.493 e. The van der Waals surface area contributed by atoms with Gasteiger partial charge in [-0.15, -0.1) is 0 Å². The Hall–Kier alpha value is -2.70. The average molecular weight is 339 g/mol. The average Bonchev–Trinajstić information content (AvgIpc) is 2.55. The Labute approximate surface area is 137 Å². The molecule has 0 fully saturated rings. The van der Waals surface area contributed by atoms with Crippen molar-refractivity contribution < 1.29 is 27.4 Å². The van der Waals surface area contributed by atoms with Crippen molar-refractivity contribution in [2.24, 2.45) is 0 Å². The molecular formula is C17H16F3NO3. The van der Waals surface area contributed by atoms with Gasteiger partial charge in [0, 0.05) is 5.69 Å². The molecule has 0 aliphatic carbocycles. The van der Waals surface area contributed by atoms with E-state index in [1.807, 2.05) is 0 Å². The molecule has 0 heterocycles. The summed E-state index contributed by atoms with van der Waals surface area (Å²) in [5.41, 5.74) is -0.467. The lowest BCUT2D eigenvalue weighted by Gasteiger charge is -2.11. The van der Waals surface area contributed by atoms with Crippen LogP contribution in [0.5, 0.6) is 11.5 Å². The third kappa shape index (κ3) is 4.91.